The lowest BCUT2D eigenvalue weighted by Gasteiger charge is -2.21. The van der Waals surface area contributed by atoms with Gasteiger partial charge in [0.1, 0.15) is 5.82 Å². The van der Waals surface area contributed by atoms with Crippen molar-refractivity contribution in [1.82, 2.24) is 25.6 Å². The van der Waals surface area contributed by atoms with Crippen molar-refractivity contribution in [3.8, 4) is 11.4 Å². The first-order chi connectivity index (χ1) is 12.7. The first-order valence-electron chi connectivity index (χ1n) is 8.77. The molecule has 4 rings (SSSR count). The summed E-state index contributed by atoms with van der Waals surface area (Å²) in [5.41, 5.74) is 6.18. The molecule has 2 aromatic heterocycles. The molecule has 3 aromatic rings. The van der Waals surface area contributed by atoms with Crippen LogP contribution in [0.15, 0.2) is 42.9 Å². The van der Waals surface area contributed by atoms with E-state index < -0.39 is 0 Å². The van der Waals surface area contributed by atoms with Gasteiger partial charge in [-0.05, 0) is 48.7 Å². The summed E-state index contributed by atoms with van der Waals surface area (Å²) in [4.78, 5) is 24.4. The second kappa shape index (κ2) is 7.09. The van der Waals surface area contributed by atoms with Crippen LogP contribution in [0.1, 0.15) is 32.7 Å². The maximum atomic E-state index is 12.6. The molecule has 0 aliphatic carbocycles. The van der Waals surface area contributed by atoms with E-state index in [-0.39, 0.29) is 5.91 Å². The van der Waals surface area contributed by atoms with E-state index in [9.17, 15) is 4.79 Å². The Bertz CT molecular complexity index is 933. The minimum Gasteiger partial charge on any atom is -0.348 e. The van der Waals surface area contributed by atoms with Crippen molar-refractivity contribution in [2.45, 2.75) is 26.4 Å². The fourth-order valence-corrected chi connectivity index (χ4v) is 3.38. The molecular formula is C20H21N5O. The maximum absolute atomic E-state index is 12.6. The van der Waals surface area contributed by atoms with Gasteiger partial charge >= 0.3 is 0 Å². The van der Waals surface area contributed by atoms with Gasteiger partial charge in [-0.15, -0.1) is 0 Å². The highest BCUT2D eigenvalue weighted by Crippen LogP contribution is 2.21. The average Bonchev–Trinajstić information content (AvgIpc) is 3.22. The Balaban J connectivity index is 1.52. The van der Waals surface area contributed by atoms with E-state index in [0.29, 0.717) is 12.1 Å². The van der Waals surface area contributed by atoms with Crippen molar-refractivity contribution in [3.05, 3.63) is 70.8 Å². The largest absolute Gasteiger partial charge is 0.348 e. The summed E-state index contributed by atoms with van der Waals surface area (Å²) in [6.45, 7) is 4.30. The Morgan fingerprint density at radius 3 is 3.08 bits per heavy atom. The van der Waals surface area contributed by atoms with Crippen molar-refractivity contribution in [3.63, 3.8) is 0 Å². The number of nitrogens with zero attached hydrogens (tertiary/aromatic N) is 2. The number of hydrogen-bond donors (Lipinski definition) is 3. The van der Waals surface area contributed by atoms with Crippen LogP contribution in [0.2, 0.25) is 0 Å². The van der Waals surface area contributed by atoms with Gasteiger partial charge in [-0.1, -0.05) is 12.1 Å². The topological polar surface area (TPSA) is 82.7 Å². The summed E-state index contributed by atoms with van der Waals surface area (Å²) < 4.78 is 0. The number of aromatic amines is 1. The summed E-state index contributed by atoms with van der Waals surface area (Å²) >= 11 is 0. The fraction of sp³-hybridized carbons (Fsp3) is 0.250. The molecule has 26 heavy (non-hydrogen) atoms. The van der Waals surface area contributed by atoms with Gasteiger partial charge in [0.25, 0.3) is 5.91 Å². The standard InChI is InChI=1S/C20H21N5O/c1-13-18(17-5-6-21-10-16(17)11-24-13)12-25-20(26)15-4-2-3-14(9-15)19-22-7-8-23-19/h2-4,7-9,11,21H,5-6,10,12H2,1H3,(H,22,23)(H,25,26). The van der Waals surface area contributed by atoms with Crippen molar-refractivity contribution in [2.75, 3.05) is 6.54 Å². The van der Waals surface area contributed by atoms with Crippen LogP contribution in [-0.2, 0) is 19.5 Å². The van der Waals surface area contributed by atoms with Gasteiger partial charge in [-0.3, -0.25) is 9.78 Å². The van der Waals surface area contributed by atoms with Crippen molar-refractivity contribution in [2.24, 2.45) is 0 Å². The molecule has 0 bridgehead atoms. The molecule has 0 fully saturated rings. The van der Waals surface area contributed by atoms with E-state index in [1.54, 1.807) is 12.4 Å². The van der Waals surface area contributed by atoms with Crippen LogP contribution in [0.5, 0.6) is 0 Å². The third-order valence-electron chi connectivity index (χ3n) is 4.79. The monoisotopic (exact) mass is 347 g/mol. The van der Waals surface area contributed by atoms with E-state index in [2.05, 4.69) is 25.6 Å². The zero-order valence-corrected chi connectivity index (χ0v) is 14.7. The van der Waals surface area contributed by atoms with E-state index >= 15 is 0 Å². The smallest absolute Gasteiger partial charge is 0.251 e. The van der Waals surface area contributed by atoms with Crippen molar-refractivity contribution in [1.29, 1.82) is 0 Å². The van der Waals surface area contributed by atoms with E-state index in [1.165, 1.54) is 11.1 Å². The molecule has 0 saturated carbocycles. The molecule has 3 N–H and O–H groups in total. The van der Waals surface area contributed by atoms with Gasteiger partial charge in [0.15, 0.2) is 0 Å². The Morgan fingerprint density at radius 1 is 1.31 bits per heavy atom. The molecule has 0 unspecified atom stereocenters. The number of hydrogen-bond acceptors (Lipinski definition) is 4. The molecule has 0 radical (unpaired) electrons. The Labute approximate surface area is 152 Å². The molecule has 6 nitrogen and oxygen atoms in total. The lowest BCUT2D eigenvalue weighted by atomic mass is 9.96. The Morgan fingerprint density at radius 2 is 2.23 bits per heavy atom. The predicted molar refractivity (Wildman–Crippen MR) is 99.6 cm³/mol. The zero-order valence-electron chi connectivity index (χ0n) is 14.7. The quantitative estimate of drug-likeness (QED) is 0.677. The van der Waals surface area contributed by atoms with Crippen LogP contribution < -0.4 is 10.6 Å². The Kier molecular flexibility index (Phi) is 4.50. The number of carbonyl (C=O) groups is 1. The third kappa shape index (κ3) is 3.23. The van der Waals surface area contributed by atoms with Gasteiger partial charge in [0.2, 0.25) is 0 Å². The third-order valence-corrected chi connectivity index (χ3v) is 4.79. The summed E-state index contributed by atoms with van der Waals surface area (Å²) in [7, 11) is 0. The number of carbonyl (C=O) groups excluding carboxylic acids is 1. The van der Waals surface area contributed by atoms with Crippen molar-refractivity contribution >= 4 is 5.91 Å². The van der Waals surface area contributed by atoms with Gasteiger partial charge in [-0.25, -0.2) is 4.98 Å². The second-order valence-corrected chi connectivity index (χ2v) is 6.45. The molecule has 6 heteroatoms. The van der Waals surface area contributed by atoms with E-state index in [4.69, 9.17) is 0 Å². The SMILES string of the molecule is Cc1ncc2c(c1CNC(=O)c1cccc(-c3ncc[nH]3)c1)CCNC2. The molecule has 1 aliphatic rings. The number of H-pyrrole nitrogens is 1. The maximum Gasteiger partial charge on any atom is 0.251 e. The minimum atomic E-state index is -0.0932. The first kappa shape index (κ1) is 16.5. The number of imidazole rings is 1. The summed E-state index contributed by atoms with van der Waals surface area (Å²) in [6, 6.07) is 7.47. The van der Waals surface area contributed by atoms with Gasteiger partial charge in [-0.2, -0.15) is 0 Å². The van der Waals surface area contributed by atoms with Crippen LogP contribution in [0, 0.1) is 6.92 Å². The van der Waals surface area contributed by atoms with Crippen LogP contribution in [-0.4, -0.2) is 27.4 Å². The highest BCUT2D eigenvalue weighted by Gasteiger charge is 2.16. The minimum absolute atomic E-state index is 0.0932. The van der Waals surface area contributed by atoms with Crippen LogP contribution in [0.3, 0.4) is 0 Å². The lowest BCUT2D eigenvalue weighted by Crippen LogP contribution is -2.28. The number of fused-ring (bicyclic) bond motifs is 1. The number of pyridine rings is 1. The molecular weight excluding hydrogens is 326 g/mol. The first-order valence-corrected chi connectivity index (χ1v) is 8.77. The lowest BCUT2D eigenvalue weighted by molar-refractivity contribution is 0.0951. The Hall–Kier alpha value is -2.99. The molecule has 1 aliphatic heterocycles. The summed E-state index contributed by atoms with van der Waals surface area (Å²) in [6.07, 6.45) is 6.38. The molecule has 0 atom stereocenters. The molecule has 3 heterocycles. The van der Waals surface area contributed by atoms with Gasteiger partial charge < -0.3 is 15.6 Å². The highest BCUT2D eigenvalue weighted by atomic mass is 16.1. The molecule has 1 amide bonds. The van der Waals surface area contributed by atoms with Crippen LogP contribution in [0.4, 0.5) is 0 Å². The molecule has 1 aromatic carbocycles. The number of benzene rings is 1. The molecule has 132 valence electrons. The van der Waals surface area contributed by atoms with Gasteiger partial charge in [0, 0.05) is 48.5 Å². The van der Waals surface area contributed by atoms with Gasteiger partial charge in [0.05, 0.1) is 0 Å². The fourth-order valence-electron chi connectivity index (χ4n) is 3.38. The number of amides is 1. The predicted octanol–water partition coefficient (Wildman–Crippen LogP) is 2.36. The molecule has 0 saturated heterocycles. The number of rotatable bonds is 4. The highest BCUT2D eigenvalue weighted by molar-refractivity contribution is 5.95. The number of aromatic nitrogens is 3. The average molecular weight is 347 g/mol. The van der Waals surface area contributed by atoms with E-state index in [0.717, 1.165) is 42.2 Å². The van der Waals surface area contributed by atoms with E-state index in [1.807, 2.05) is 37.4 Å². The second-order valence-electron chi connectivity index (χ2n) is 6.45. The summed E-state index contributed by atoms with van der Waals surface area (Å²) in [5, 5.41) is 6.41. The number of aryl methyl sites for hydroxylation is 1. The van der Waals surface area contributed by atoms with Crippen LogP contribution in [0.25, 0.3) is 11.4 Å². The summed E-state index contributed by atoms with van der Waals surface area (Å²) in [5.74, 6) is 0.661. The number of nitrogens with one attached hydrogen (secondary N) is 3. The molecule has 0 spiro atoms. The van der Waals surface area contributed by atoms with Crippen LogP contribution >= 0.6 is 0 Å². The normalized spacial score (nSPS) is 13.3. The zero-order chi connectivity index (χ0) is 17.9. The van der Waals surface area contributed by atoms with Crippen molar-refractivity contribution < 1.29 is 4.79 Å².